The number of rotatable bonds is 5. The molecule has 1 amide bonds. The fourth-order valence-electron chi connectivity index (χ4n) is 1.34. The first-order valence-electron chi connectivity index (χ1n) is 5.37. The summed E-state index contributed by atoms with van der Waals surface area (Å²) in [6.45, 7) is 0.0724. The predicted molar refractivity (Wildman–Crippen MR) is 72.9 cm³/mol. The van der Waals surface area contributed by atoms with Crippen molar-refractivity contribution in [2.24, 2.45) is 0 Å². The van der Waals surface area contributed by atoms with Crippen LogP contribution in [0.15, 0.2) is 18.2 Å². The molecule has 0 radical (unpaired) electrons. The number of carbonyl (C=O) groups is 2. The lowest BCUT2D eigenvalue weighted by Crippen LogP contribution is -2.34. The van der Waals surface area contributed by atoms with Crippen LogP contribution in [0.25, 0.3) is 0 Å². The Hall–Kier alpha value is -1.25. The van der Waals surface area contributed by atoms with Gasteiger partial charge in [0.15, 0.2) is 11.6 Å². The highest BCUT2D eigenvalue weighted by Crippen LogP contribution is 2.11. The highest BCUT2D eigenvalue weighted by Gasteiger charge is 2.17. The van der Waals surface area contributed by atoms with E-state index in [1.807, 2.05) is 22.6 Å². The second-order valence-corrected chi connectivity index (χ2v) is 5.19. The highest BCUT2D eigenvalue weighted by atomic mass is 127. The SMILES string of the molecule is COC(=O)C(I)CNC(=O)Cc1cccc(F)c1F. The van der Waals surface area contributed by atoms with Crippen LogP contribution in [0.1, 0.15) is 5.56 Å². The molecular weight excluding hydrogens is 371 g/mol. The van der Waals surface area contributed by atoms with Crippen molar-refractivity contribution in [3.63, 3.8) is 0 Å². The summed E-state index contributed by atoms with van der Waals surface area (Å²) in [5.74, 6) is -2.98. The van der Waals surface area contributed by atoms with Crippen molar-refractivity contribution in [3.8, 4) is 0 Å². The Bertz CT molecular complexity index is 482. The molecule has 1 aromatic carbocycles. The third-order valence-corrected chi connectivity index (χ3v) is 3.27. The first-order chi connectivity index (χ1) is 8.95. The molecule has 0 aliphatic carbocycles. The van der Waals surface area contributed by atoms with E-state index in [0.29, 0.717) is 0 Å². The van der Waals surface area contributed by atoms with Crippen LogP contribution in [0, 0.1) is 11.6 Å². The molecule has 1 unspecified atom stereocenters. The lowest BCUT2D eigenvalue weighted by Gasteiger charge is -2.09. The second kappa shape index (κ2) is 7.37. The molecular formula is C12H12F2INO3. The molecule has 104 valence electrons. The smallest absolute Gasteiger partial charge is 0.320 e. The molecule has 0 saturated heterocycles. The number of alkyl halides is 1. The first-order valence-corrected chi connectivity index (χ1v) is 6.61. The predicted octanol–water partition coefficient (Wildman–Crippen LogP) is 1.60. The Balaban J connectivity index is 2.52. The van der Waals surface area contributed by atoms with E-state index in [1.54, 1.807) is 0 Å². The van der Waals surface area contributed by atoms with Crippen LogP contribution in [0.4, 0.5) is 8.78 Å². The summed E-state index contributed by atoms with van der Waals surface area (Å²) >= 11 is 1.82. The first kappa shape index (κ1) is 15.8. The van der Waals surface area contributed by atoms with E-state index >= 15 is 0 Å². The average molecular weight is 383 g/mol. The molecule has 0 heterocycles. The quantitative estimate of drug-likeness (QED) is 0.478. The molecule has 19 heavy (non-hydrogen) atoms. The number of amides is 1. The number of hydrogen-bond acceptors (Lipinski definition) is 3. The number of hydrogen-bond donors (Lipinski definition) is 1. The topological polar surface area (TPSA) is 55.4 Å². The van der Waals surface area contributed by atoms with E-state index in [9.17, 15) is 18.4 Å². The van der Waals surface area contributed by atoms with E-state index in [-0.39, 0.29) is 18.5 Å². The summed E-state index contributed by atoms with van der Waals surface area (Å²) in [5, 5.41) is 2.46. The Labute approximate surface area is 122 Å². The van der Waals surface area contributed by atoms with Crippen molar-refractivity contribution in [3.05, 3.63) is 35.4 Å². The summed E-state index contributed by atoms with van der Waals surface area (Å²) in [4.78, 5) is 22.6. The van der Waals surface area contributed by atoms with Gasteiger partial charge in [-0.3, -0.25) is 9.59 Å². The highest BCUT2D eigenvalue weighted by molar-refractivity contribution is 14.1. The standard InChI is InChI=1S/C12H12F2INO3/c1-19-12(18)9(15)6-16-10(17)5-7-3-2-4-8(13)11(7)14/h2-4,9H,5-6H2,1H3,(H,16,17). The van der Waals surface area contributed by atoms with Gasteiger partial charge in [0, 0.05) is 12.1 Å². The maximum absolute atomic E-state index is 13.3. The van der Waals surface area contributed by atoms with Crippen molar-refractivity contribution in [2.75, 3.05) is 13.7 Å². The minimum atomic E-state index is -1.03. The number of carbonyl (C=O) groups excluding carboxylic acids is 2. The van der Waals surface area contributed by atoms with Crippen LogP contribution < -0.4 is 5.32 Å². The van der Waals surface area contributed by atoms with Gasteiger partial charge in [0.1, 0.15) is 3.92 Å². The van der Waals surface area contributed by atoms with Gasteiger partial charge in [0.25, 0.3) is 0 Å². The van der Waals surface area contributed by atoms with Gasteiger partial charge in [-0.05, 0) is 6.07 Å². The maximum Gasteiger partial charge on any atom is 0.320 e. The Kier molecular flexibility index (Phi) is 6.13. The molecule has 1 aromatic rings. The normalized spacial score (nSPS) is 11.8. The number of halogens is 3. The van der Waals surface area contributed by atoms with Crippen LogP contribution in [0.3, 0.4) is 0 Å². The lowest BCUT2D eigenvalue weighted by molar-refractivity contribution is -0.139. The third-order valence-electron chi connectivity index (χ3n) is 2.32. The minimum absolute atomic E-state index is 0.0272. The molecule has 0 aromatic heterocycles. The van der Waals surface area contributed by atoms with Gasteiger partial charge >= 0.3 is 5.97 Å². The van der Waals surface area contributed by atoms with Crippen molar-refractivity contribution in [1.82, 2.24) is 5.32 Å². The van der Waals surface area contributed by atoms with Crippen molar-refractivity contribution < 1.29 is 23.1 Å². The van der Waals surface area contributed by atoms with Gasteiger partial charge < -0.3 is 10.1 Å². The summed E-state index contributed by atoms with van der Waals surface area (Å²) in [6.07, 6.45) is -0.284. The third kappa shape index (κ3) is 4.73. The minimum Gasteiger partial charge on any atom is -0.468 e. The van der Waals surface area contributed by atoms with Gasteiger partial charge in [-0.1, -0.05) is 34.7 Å². The maximum atomic E-state index is 13.3. The second-order valence-electron chi connectivity index (χ2n) is 3.68. The van der Waals surface area contributed by atoms with Gasteiger partial charge in [0.05, 0.1) is 13.5 Å². The number of esters is 1. The molecule has 1 atom stereocenters. The Morgan fingerprint density at radius 3 is 2.74 bits per heavy atom. The van der Waals surface area contributed by atoms with Crippen molar-refractivity contribution in [2.45, 2.75) is 10.3 Å². The summed E-state index contributed by atoms with van der Waals surface area (Å²) in [5.41, 5.74) is -0.0272. The molecule has 0 aliphatic heterocycles. The molecule has 0 aliphatic rings. The molecule has 0 fully saturated rings. The van der Waals surface area contributed by atoms with E-state index in [2.05, 4.69) is 10.1 Å². The number of nitrogens with one attached hydrogen (secondary N) is 1. The largest absolute Gasteiger partial charge is 0.468 e. The fourth-order valence-corrected chi connectivity index (χ4v) is 1.81. The number of methoxy groups -OCH3 is 1. The van der Waals surface area contributed by atoms with Crippen LogP contribution in [-0.2, 0) is 20.7 Å². The zero-order valence-corrected chi connectivity index (χ0v) is 12.2. The summed E-state index contributed by atoms with van der Waals surface area (Å²) < 4.78 is 30.2. The Morgan fingerprint density at radius 1 is 1.42 bits per heavy atom. The van der Waals surface area contributed by atoms with Gasteiger partial charge in [-0.15, -0.1) is 0 Å². The average Bonchev–Trinajstić information content (AvgIpc) is 2.40. The molecule has 0 bridgehead atoms. The fraction of sp³-hybridized carbons (Fsp3) is 0.333. The zero-order chi connectivity index (χ0) is 14.4. The summed E-state index contributed by atoms with van der Waals surface area (Å²) in [7, 11) is 1.25. The van der Waals surface area contributed by atoms with E-state index in [0.717, 1.165) is 6.07 Å². The van der Waals surface area contributed by atoms with Gasteiger partial charge in [0.2, 0.25) is 5.91 Å². The van der Waals surface area contributed by atoms with Crippen LogP contribution >= 0.6 is 22.6 Å². The number of benzene rings is 1. The van der Waals surface area contributed by atoms with E-state index < -0.39 is 27.4 Å². The van der Waals surface area contributed by atoms with E-state index in [1.165, 1.54) is 19.2 Å². The summed E-state index contributed by atoms with van der Waals surface area (Å²) in [6, 6.07) is 3.64. The van der Waals surface area contributed by atoms with Gasteiger partial charge in [-0.25, -0.2) is 8.78 Å². The monoisotopic (exact) mass is 383 g/mol. The van der Waals surface area contributed by atoms with Crippen LogP contribution in [0.5, 0.6) is 0 Å². The number of ether oxygens (including phenoxy) is 1. The lowest BCUT2D eigenvalue weighted by atomic mass is 10.1. The molecule has 4 nitrogen and oxygen atoms in total. The van der Waals surface area contributed by atoms with Crippen molar-refractivity contribution >= 4 is 34.5 Å². The molecule has 0 spiro atoms. The van der Waals surface area contributed by atoms with Gasteiger partial charge in [-0.2, -0.15) is 0 Å². The molecule has 1 N–H and O–H groups in total. The van der Waals surface area contributed by atoms with Crippen LogP contribution in [0.2, 0.25) is 0 Å². The molecule has 7 heteroatoms. The Morgan fingerprint density at radius 2 is 2.11 bits per heavy atom. The molecule has 1 rings (SSSR count). The zero-order valence-electron chi connectivity index (χ0n) is 10.1. The van der Waals surface area contributed by atoms with Crippen LogP contribution in [-0.4, -0.2) is 29.5 Å². The van der Waals surface area contributed by atoms with Crippen molar-refractivity contribution in [1.29, 1.82) is 0 Å². The molecule has 0 saturated carbocycles. The van der Waals surface area contributed by atoms with E-state index in [4.69, 9.17) is 0 Å².